The zero-order valence-electron chi connectivity index (χ0n) is 19.3. The minimum atomic E-state index is -4.31. The molecule has 4 aromatic rings. The number of hydrogen-bond donors (Lipinski definition) is 0. The average Bonchev–Trinajstić information content (AvgIpc) is 2.85. The number of rotatable bonds is 8. The first-order valence-electron chi connectivity index (χ1n) is 11.7. The standard InChI is InChI=1S/C30H29F3N/c1-2-29(28-19-9-16-25-15-6-7-18-27(25)28)34(22-24-11-4-3-5-12-24)20-10-14-23-13-8-17-26(21-23)30(31,32)33/h3-9,11-13,15-19,21-22,29H,2,10,14,20H2,1H3/q+1. The molecule has 174 valence electrons. The molecule has 0 aliphatic heterocycles. The zero-order valence-corrected chi connectivity index (χ0v) is 19.3. The molecule has 4 rings (SSSR count). The Morgan fingerprint density at radius 2 is 1.53 bits per heavy atom. The zero-order chi connectivity index (χ0) is 24.0. The lowest BCUT2D eigenvalue weighted by Crippen LogP contribution is -2.22. The predicted octanol–water partition coefficient (Wildman–Crippen LogP) is 8.07. The Bertz CT molecular complexity index is 1250. The summed E-state index contributed by atoms with van der Waals surface area (Å²) in [5.74, 6) is 0. The second-order valence-corrected chi connectivity index (χ2v) is 8.57. The van der Waals surface area contributed by atoms with Gasteiger partial charge in [0, 0.05) is 24.0 Å². The van der Waals surface area contributed by atoms with E-state index < -0.39 is 11.7 Å². The van der Waals surface area contributed by atoms with Gasteiger partial charge in [-0.25, -0.2) is 4.58 Å². The number of hydrogen-bond acceptors (Lipinski definition) is 0. The molecule has 0 fully saturated rings. The van der Waals surface area contributed by atoms with Crippen LogP contribution in [0.3, 0.4) is 0 Å². The molecule has 0 aliphatic rings. The van der Waals surface area contributed by atoms with Crippen molar-refractivity contribution in [3.8, 4) is 0 Å². The highest BCUT2D eigenvalue weighted by Crippen LogP contribution is 2.31. The van der Waals surface area contributed by atoms with E-state index in [0.29, 0.717) is 12.0 Å². The van der Waals surface area contributed by atoms with Crippen LogP contribution in [-0.2, 0) is 12.6 Å². The van der Waals surface area contributed by atoms with Crippen molar-refractivity contribution in [2.24, 2.45) is 0 Å². The van der Waals surface area contributed by atoms with Gasteiger partial charge < -0.3 is 0 Å². The molecule has 0 aliphatic carbocycles. The van der Waals surface area contributed by atoms with E-state index in [4.69, 9.17) is 0 Å². The lowest BCUT2D eigenvalue weighted by molar-refractivity contribution is -0.568. The molecular weight excluding hydrogens is 431 g/mol. The summed E-state index contributed by atoms with van der Waals surface area (Å²) in [5, 5.41) is 2.45. The highest BCUT2D eigenvalue weighted by atomic mass is 19.4. The van der Waals surface area contributed by atoms with Gasteiger partial charge in [0.25, 0.3) is 0 Å². The van der Waals surface area contributed by atoms with Gasteiger partial charge in [0.1, 0.15) is 6.54 Å². The summed E-state index contributed by atoms with van der Waals surface area (Å²) in [6.45, 7) is 2.93. The number of fused-ring (bicyclic) bond motifs is 1. The van der Waals surface area contributed by atoms with Crippen LogP contribution in [0.15, 0.2) is 97.1 Å². The summed E-state index contributed by atoms with van der Waals surface area (Å²) in [7, 11) is 0. The van der Waals surface area contributed by atoms with Crippen molar-refractivity contribution < 1.29 is 17.7 Å². The van der Waals surface area contributed by atoms with Gasteiger partial charge in [-0.15, -0.1) is 0 Å². The maximum Gasteiger partial charge on any atom is 0.416 e. The van der Waals surface area contributed by atoms with Gasteiger partial charge in [-0.1, -0.05) is 85.8 Å². The Hall–Kier alpha value is -3.40. The largest absolute Gasteiger partial charge is 0.416 e. The molecule has 0 amide bonds. The minimum Gasteiger partial charge on any atom is -0.228 e. The Morgan fingerprint density at radius 3 is 2.29 bits per heavy atom. The Kier molecular flexibility index (Phi) is 7.46. The highest BCUT2D eigenvalue weighted by molar-refractivity contribution is 5.86. The fraction of sp³-hybridized carbons (Fsp3) is 0.233. The molecule has 0 saturated heterocycles. The van der Waals surface area contributed by atoms with Crippen LogP contribution in [0.1, 0.15) is 48.1 Å². The summed E-state index contributed by atoms with van der Waals surface area (Å²) < 4.78 is 41.7. The predicted molar refractivity (Wildman–Crippen MR) is 133 cm³/mol. The number of aryl methyl sites for hydroxylation is 1. The van der Waals surface area contributed by atoms with Gasteiger partial charge in [-0.2, -0.15) is 13.2 Å². The highest BCUT2D eigenvalue weighted by Gasteiger charge is 2.30. The Labute approximate surface area is 199 Å². The van der Waals surface area contributed by atoms with Crippen molar-refractivity contribution in [1.29, 1.82) is 0 Å². The first kappa shape index (κ1) is 23.7. The van der Waals surface area contributed by atoms with Crippen molar-refractivity contribution in [3.05, 3.63) is 119 Å². The van der Waals surface area contributed by atoms with Crippen LogP contribution in [0.4, 0.5) is 13.2 Å². The van der Waals surface area contributed by atoms with Gasteiger partial charge in [0.15, 0.2) is 12.3 Å². The van der Waals surface area contributed by atoms with E-state index in [0.717, 1.165) is 31.0 Å². The van der Waals surface area contributed by atoms with Crippen molar-refractivity contribution in [1.82, 2.24) is 0 Å². The van der Waals surface area contributed by atoms with Crippen LogP contribution >= 0.6 is 0 Å². The van der Waals surface area contributed by atoms with Crippen LogP contribution in [0.25, 0.3) is 10.8 Å². The van der Waals surface area contributed by atoms with Crippen molar-refractivity contribution in [3.63, 3.8) is 0 Å². The van der Waals surface area contributed by atoms with Gasteiger partial charge in [0.2, 0.25) is 0 Å². The first-order chi connectivity index (χ1) is 16.5. The first-order valence-corrected chi connectivity index (χ1v) is 11.7. The smallest absolute Gasteiger partial charge is 0.228 e. The molecule has 0 heterocycles. The second-order valence-electron chi connectivity index (χ2n) is 8.57. The molecule has 1 unspecified atom stereocenters. The molecule has 1 atom stereocenters. The summed E-state index contributed by atoms with van der Waals surface area (Å²) in [6, 6.07) is 30.9. The third kappa shape index (κ3) is 5.74. The molecule has 0 radical (unpaired) electrons. The summed E-state index contributed by atoms with van der Waals surface area (Å²) in [5.41, 5.74) is 2.51. The molecular formula is C30H29F3N+. The SMILES string of the molecule is CCC(c1cccc2ccccc12)[N+](=Cc1ccccc1)CCCc1cccc(C(F)(F)F)c1. The van der Waals surface area contributed by atoms with Crippen LogP contribution < -0.4 is 0 Å². The fourth-order valence-corrected chi connectivity index (χ4v) is 4.58. The maximum absolute atomic E-state index is 13.1. The topological polar surface area (TPSA) is 3.01 Å². The molecule has 34 heavy (non-hydrogen) atoms. The summed E-state index contributed by atoms with van der Waals surface area (Å²) >= 11 is 0. The monoisotopic (exact) mass is 460 g/mol. The van der Waals surface area contributed by atoms with Crippen LogP contribution in [0, 0.1) is 0 Å². The molecule has 4 heteroatoms. The quantitative estimate of drug-likeness (QED) is 0.185. The number of benzene rings is 4. The second kappa shape index (κ2) is 10.7. The van der Waals surface area contributed by atoms with E-state index in [1.165, 1.54) is 28.5 Å². The molecule has 0 aromatic heterocycles. The normalized spacial score (nSPS) is 13.2. The van der Waals surface area contributed by atoms with E-state index in [9.17, 15) is 13.2 Å². The molecule has 0 spiro atoms. The molecule has 1 nitrogen and oxygen atoms in total. The van der Waals surface area contributed by atoms with Gasteiger partial charge in [-0.05, 0) is 41.0 Å². The van der Waals surface area contributed by atoms with E-state index in [1.807, 2.05) is 18.2 Å². The fourth-order valence-electron chi connectivity index (χ4n) is 4.58. The summed E-state index contributed by atoms with van der Waals surface area (Å²) in [6.07, 6.45) is 0.134. The minimum absolute atomic E-state index is 0.160. The molecule has 0 bridgehead atoms. The average molecular weight is 461 g/mol. The Morgan fingerprint density at radius 1 is 0.824 bits per heavy atom. The Balaban J connectivity index is 1.63. The van der Waals surface area contributed by atoms with Crippen LogP contribution in [0.5, 0.6) is 0 Å². The van der Waals surface area contributed by atoms with Crippen molar-refractivity contribution >= 4 is 17.0 Å². The van der Waals surface area contributed by atoms with Crippen molar-refractivity contribution in [2.75, 3.05) is 6.54 Å². The molecule has 0 N–H and O–H groups in total. The van der Waals surface area contributed by atoms with Crippen LogP contribution in [-0.4, -0.2) is 17.3 Å². The van der Waals surface area contributed by atoms with E-state index in [-0.39, 0.29) is 6.04 Å². The third-order valence-corrected chi connectivity index (χ3v) is 6.22. The van der Waals surface area contributed by atoms with E-state index >= 15 is 0 Å². The van der Waals surface area contributed by atoms with Gasteiger partial charge in [-0.3, -0.25) is 0 Å². The molecule has 0 saturated carbocycles. The van der Waals surface area contributed by atoms with Crippen LogP contribution in [0.2, 0.25) is 0 Å². The van der Waals surface area contributed by atoms with E-state index in [2.05, 4.69) is 72.3 Å². The number of halogens is 3. The maximum atomic E-state index is 13.1. The van der Waals surface area contributed by atoms with Gasteiger partial charge >= 0.3 is 6.18 Å². The van der Waals surface area contributed by atoms with Gasteiger partial charge in [0.05, 0.1) is 5.56 Å². The van der Waals surface area contributed by atoms with E-state index in [1.54, 1.807) is 6.07 Å². The summed E-state index contributed by atoms with van der Waals surface area (Å²) in [4.78, 5) is 0. The lowest BCUT2D eigenvalue weighted by atomic mass is 9.96. The number of alkyl halides is 3. The lowest BCUT2D eigenvalue weighted by Gasteiger charge is -2.18. The van der Waals surface area contributed by atoms with Crippen molar-refractivity contribution in [2.45, 2.75) is 38.4 Å². The third-order valence-electron chi connectivity index (χ3n) is 6.22. The molecule has 4 aromatic carbocycles. The number of nitrogens with zero attached hydrogens (tertiary/aromatic N) is 1.